The van der Waals surface area contributed by atoms with Crippen LogP contribution >= 0.6 is 11.8 Å². The van der Waals surface area contributed by atoms with Crippen molar-refractivity contribution in [1.29, 1.82) is 0 Å². The summed E-state index contributed by atoms with van der Waals surface area (Å²) < 4.78 is 5.74. The number of thioether (sulfide) groups is 1. The van der Waals surface area contributed by atoms with Gasteiger partial charge >= 0.3 is 0 Å². The van der Waals surface area contributed by atoms with Crippen LogP contribution in [0, 0.1) is 0 Å². The van der Waals surface area contributed by atoms with Crippen molar-refractivity contribution in [2.75, 3.05) is 43.2 Å². The molecule has 0 saturated carbocycles. The van der Waals surface area contributed by atoms with Crippen LogP contribution in [0.2, 0.25) is 0 Å². The highest BCUT2D eigenvalue weighted by Crippen LogP contribution is 2.24. The molecule has 0 amide bonds. The first-order valence-corrected chi connectivity index (χ1v) is 7.96. The first-order valence-electron chi connectivity index (χ1n) is 6.74. The van der Waals surface area contributed by atoms with Crippen LogP contribution in [0.1, 0.15) is 19.8 Å². The minimum absolute atomic E-state index is 0.324. The van der Waals surface area contributed by atoms with Gasteiger partial charge in [0.1, 0.15) is 11.6 Å². The maximum absolute atomic E-state index is 5.74. The van der Waals surface area contributed by atoms with Gasteiger partial charge in [0.25, 0.3) is 0 Å². The maximum Gasteiger partial charge on any atom is 0.191 e. The molecule has 1 N–H and O–H groups in total. The number of anilines is 2. The van der Waals surface area contributed by atoms with E-state index < -0.39 is 0 Å². The highest BCUT2D eigenvalue weighted by molar-refractivity contribution is 7.98. The molecule has 1 aliphatic heterocycles. The SMILES string of the molecule is CCOC1CCCN(c2cc(NC)nc(SC)n2)C1. The van der Waals surface area contributed by atoms with E-state index in [0.717, 1.165) is 49.3 Å². The standard InChI is InChI=1S/C13H22N4OS/c1-4-18-10-6-5-7-17(9-10)12-8-11(14-2)15-13(16-12)19-3/h8,10H,4-7,9H2,1-3H3,(H,14,15,16). The van der Waals surface area contributed by atoms with Crippen LogP contribution in [-0.2, 0) is 4.74 Å². The van der Waals surface area contributed by atoms with Gasteiger partial charge in [0.15, 0.2) is 5.16 Å². The summed E-state index contributed by atoms with van der Waals surface area (Å²) in [4.78, 5) is 11.3. The average molecular weight is 282 g/mol. The summed E-state index contributed by atoms with van der Waals surface area (Å²) in [5, 5.41) is 3.90. The van der Waals surface area contributed by atoms with Crippen LogP contribution in [0.3, 0.4) is 0 Å². The average Bonchev–Trinajstić information content (AvgIpc) is 2.47. The van der Waals surface area contributed by atoms with Crippen LogP contribution in [0.5, 0.6) is 0 Å². The molecular formula is C13H22N4OS. The van der Waals surface area contributed by atoms with E-state index in [2.05, 4.69) is 27.1 Å². The molecule has 106 valence electrons. The number of hydrogen-bond acceptors (Lipinski definition) is 6. The summed E-state index contributed by atoms with van der Waals surface area (Å²) in [5.74, 6) is 1.86. The van der Waals surface area contributed by atoms with Gasteiger partial charge in [0, 0.05) is 32.8 Å². The molecule has 1 fully saturated rings. The van der Waals surface area contributed by atoms with Crippen LogP contribution < -0.4 is 10.2 Å². The molecule has 2 heterocycles. The topological polar surface area (TPSA) is 50.3 Å². The van der Waals surface area contributed by atoms with Crippen molar-refractivity contribution >= 4 is 23.4 Å². The van der Waals surface area contributed by atoms with Crippen molar-refractivity contribution < 1.29 is 4.74 Å². The Morgan fingerprint density at radius 1 is 1.53 bits per heavy atom. The predicted octanol–water partition coefficient (Wildman–Crippen LogP) is 2.25. The molecule has 5 nitrogen and oxygen atoms in total. The normalized spacial score (nSPS) is 19.5. The fourth-order valence-electron chi connectivity index (χ4n) is 2.31. The van der Waals surface area contributed by atoms with Crippen LogP contribution in [0.15, 0.2) is 11.2 Å². The summed E-state index contributed by atoms with van der Waals surface area (Å²) in [5.41, 5.74) is 0. The Morgan fingerprint density at radius 3 is 3.05 bits per heavy atom. The molecule has 1 saturated heterocycles. The lowest BCUT2D eigenvalue weighted by Gasteiger charge is -2.33. The summed E-state index contributed by atoms with van der Waals surface area (Å²) in [6, 6.07) is 2.01. The van der Waals surface area contributed by atoms with E-state index in [4.69, 9.17) is 4.74 Å². The van der Waals surface area contributed by atoms with Gasteiger partial charge in [-0.2, -0.15) is 0 Å². The number of piperidine rings is 1. The molecule has 2 rings (SSSR count). The smallest absolute Gasteiger partial charge is 0.191 e. The second-order valence-electron chi connectivity index (χ2n) is 4.51. The fraction of sp³-hybridized carbons (Fsp3) is 0.692. The lowest BCUT2D eigenvalue weighted by atomic mass is 10.1. The van der Waals surface area contributed by atoms with Crippen molar-refractivity contribution in [3.63, 3.8) is 0 Å². The van der Waals surface area contributed by atoms with Crippen molar-refractivity contribution in [3.05, 3.63) is 6.07 Å². The molecule has 0 aliphatic carbocycles. The Bertz CT molecular complexity index is 391. The van der Waals surface area contributed by atoms with Gasteiger partial charge in [-0.3, -0.25) is 0 Å². The zero-order chi connectivity index (χ0) is 13.7. The van der Waals surface area contributed by atoms with Gasteiger partial charge in [-0.25, -0.2) is 9.97 Å². The van der Waals surface area contributed by atoms with E-state index in [0.29, 0.717) is 6.10 Å². The number of nitrogens with one attached hydrogen (secondary N) is 1. The van der Waals surface area contributed by atoms with Crippen molar-refractivity contribution in [2.24, 2.45) is 0 Å². The highest BCUT2D eigenvalue weighted by atomic mass is 32.2. The molecule has 0 spiro atoms. The van der Waals surface area contributed by atoms with Gasteiger partial charge in [0.05, 0.1) is 6.10 Å². The highest BCUT2D eigenvalue weighted by Gasteiger charge is 2.21. The maximum atomic E-state index is 5.74. The van der Waals surface area contributed by atoms with Crippen molar-refractivity contribution in [1.82, 2.24) is 9.97 Å². The first-order chi connectivity index (χ1) is 9.26. The summed E-state index contributed by atoms with van der Waals surface area (Å²) in [6.45, 7) is 4.79. The molecule has 1 aliphatic rings. The zero-order valence-corrected chi connectivity index (χ0v) is 12.7. The van der Waals surface area contributed by atoms with Crippen molar-refractivity contribution in [3.8, 4) is 0 Å². The Kier molecular flexibility index (Phi) is 5.27. The zero-order valence-electron chi connectivity index (χ0n) is 11.8. The molecular weight excluding hydrogens is 260 g/mol. The number of rotatable bonds is 5. The van der Waals surface area contributed by atoms with Crippen LogP contribution in [-0.4, -0.2) is 49.1 Å². The van der Waals surface area contributed by atoms with E-state index >= 15 is 0 Å². The van der Waals surface area contributed by atoms with Crippen molar-refractivity contribution in [2.45, 2.75) is 31.0 Å². The van der Waals surface area contributed by atoms with Gasteiger partial charge in [0.2, 0.25) is 0 Å². The molecule has 0 bridgehead atoms. The number of ether oxygens (including phenoxy) is 1. The predicted molar refractivity (Wildman–Crippen MR) is 80.2 cm³/mol. The molecule has 1 unspecified atom stereocenters. The summed E-state index contributed by atoms with van der Waals surface area (Å²) in [7, 11) is 1.88. The minimum Gasteiger partial charge on any atom is -0.377 e. The van der Waals surface area contributed by atoms with E-state index in [1.807, 2.05) is 19.4 Å². The molecule has 1 aromatic rings. The first kappa shape index (κ1) is 14.4. The lowest BCUT2D eigenvalue weighted by molar-refractivity contribution is 0.0525. The minimum atomic E-state index is 0.324. The monoisotopic (exact) mass is 282 g/mol. The lowest BCUT2D eigenvalue weighted by Crippen LogP contribution is -2.40. The van der Waals surface area contributed by atoms with Crippen LogP contribution in [0.25, 0.3) is 0 Å². The number of hydrogen-bond donors (Lipinski definition) is 1. The second-order valence-corrected chi connectivity index (χ2v) is 5.29. The molecule has 19 heavy (non-hydrogen) atoms. The Labute approximate surface area is 119 Å². The third-order valence-electron chi connectivity index (χ3n) is 3.24. The quantitative estimate of drug-likeness (QED) is 0.660. The summed E-state index contributed by atoms with van der Waals surface area (Å²) in [6.07, 6.45) is 4.61. The molecule has 1 atom stereocenters. The molecule has 0 radical (unpaired) electrons. The third kappa shape index (κ3) is 3.73. The van der Waals surface area contributed by atoms with Gasteiger partial charge in [-0.05, 0) is 26.0 Å². The fourth-order valence-corrected chi connectivity index (χ4v) is 2.69. The largest absolute Gasteiger partial charge is 0.377 e. The molecule has 6 heteroatoms. The van der Waals surface area contributed by atoms with Gasteiger partial charge in [-0.15, -0.1) is 0 Å². The number of nitrogens with zero attached hydrogens (tertiary/aromatic N) is 3. The Balaban J connectivity index is 2.15. The third-order valence-corrected chi connectivity index (χ3v) is 3.78. The van der Waals surface area contributed by atoms with E-state index in [1.54, 1.807) is 11.8 Å². The number of aromatic nitrogens is 2. The van der Waals surface area contributed by atoms with E-state index in [1.165, 1.54) is 0 Å². The van der Waals surface area contributed by atoms with Gasteiger partial charge in [-0.1, -0.05) is 11.8 Å². The van der Waals surface area contributed by atoms with Gasteiger partial charge < -0.3 is 15.0 Å². The second kappa shape index (κ2) is 6.96. The van der Waals surface area contributed by atoms with Crippen LogP contribution in [0.4, 0.5) is 11.6 Å². The van der Waals surface area contributed by atoms with E-state index in [-0.39, 0.29) is 0 Å². The summed E-state index contributed by atoms with van der Waals surface area (Å²) >= 11 is 1.57. The molecule has 0 aromatic carbocycles. The molecule has 1 aromatic heterocycles. The Hall–Kier alpha value is -1.01. The Morgan fingerprint density at radius 2 is 2.37 bits per heavy atom. The van der Waals surface area contributed by atoms with E-state index in [9.17, 15) is 0 Å².